The van der Waals surface area contributed by atoms with Gasteiger partial charge in [-0.05, 0) is 65.9 Å². The Morgan fingerprint density at radius 3 is 2.65 bits per heavy atom. The predicted octanol–water partition coefficient (Wildman–Crippen LogP) is 6.15. The van der Waals surface area contributed by atoms with E-state index in [0.717, 1.165) is 37.2 Å². The van der Waals surface area contributed by atoms with E-state index in [9.17, 15) is 4.79 Å². The molecule has 0 fully saturated rings. The van der Waals surface area contributed by atoms with Crippen LogP contribution in [0.3, 0.4) is 0 Å². The second-order valence-corrected chi connectivity index (χ2v) is 9.37. The minimum Gasteiger partial charge on any atom is -0.489 e. The molecule has 0 saturated carbocycles. The number of carboxylic acids is 1. The zero-order valence-corrected chi connectivity index (χ0v) is 21.7. The maximum atomic E-state index is 10.9. The third-order valence-corrected chi connectivity index (χ3v) is 6.86. The van der Waals surface area contributed by atoms with Crippen molar-refractivity contribution in [1.82, 2.24) is 5.32 Å². The zero-order chi connectivity index (χ0) is 24.9. The molecule has 4 aromatic carbocycles. The molecule has 2 atom stereocenters. The average molecular weight is 518 g/mol. The molecule has 0 spiro atoms. The summed E-state index contributed by atoms with van der Waals surface area (Å²) in [6, 6.07) is 29.3. The lowest BCUT2D eigenvalue weighted by molar-refractivity contribution is -0.139. The first kappa shape index (κ1) is 26.5. The number of rotatable bonds is 9. The van der Waals surface area contributed by atoms with Crippen molar-refractivity contribution >= 4 is 29.1 Å². The molecule has 5 nitrogen and oxygen atoms in total. The Hall–Kier alpha value is -3.54. The number of carboxylic acid groups (broad SMARTS) is 1. The highest BCUT2D eigenvalue weighted by atomic mass is 35.5. The van der Waals surface area contributed by atoms with Crippen molar-refractivity contribution in [3.05, 3.63) is 107 Å². The summed E-state index contributed by atoms with van der Waals surface area (Å²) in [5.74, 6) is 0.756. The van der Waals surface area contributed by atoms with E-state index in [2.05, 4.69) is 66.0 Å². The Morgan fingerprint density at radius 2 is 1.81 bits per heavy atom. The minimum atomic E-state index is -0.979. The van der Waals surface area contributed by atoms with Crippen molar-refractivity contribution in [3.8, 4) is 11.5 Å². The summed E-state index contributed by atoms with van der Waals surface area (Å²) in [5, 5.41) is 15.1. The molecule has 0 aliphatic carbocycles. The van der Waals surface area contributed by atoms with Crippen LogP contribution in [0.25, 0.3) is 10.8 Å². The smallest absolute Gasteiger partial charge is 0.341 e. The van der Waals surface area contributed by atoms with Gasteiger partial charge in [0.1, 0.15) is 17.6 Å². The van der Waals surface area contributed by atoms with Crippen molar-refractivity contribution in [2.45, 2.75) is 31.8 Å². The van der Waals surface area contributed by atoms with Crippen LogP contribution in [-0.2, 0) is 11.2 Å². The molecular weight excluding hydrogens is 486 g/mol. The number of fused-ring (bicyclic) bond motifs is 2. The number of halogens is 1. The molecule has 1 aliphatic heterocycles. The first-order valence-electron chi connectivity index (χ1n) is 12.5. The largest absolute Gasteiger partial charge is 0.489 e. The topological polar surface area (TPSA) is 67.8 Å². The second-order valence-electron chi connectivity index (χ2n) is 9.37. The Labute approximate surface area is 223 Å². The lowest BCUT2D eigenvalue weighted by Gasteiger charge is -2.33. The molecule has 1 aliphatic rings. The molecule has 5 rings (SSSR count). The van der Waals surface area contributed by atoms with E-state index in [0.29, 0.717) is 5.75 Å². The molecule has 2 N–H and O–H groups in total. The number of para-hydroxylation sites is 1. The van der Waals surface area contributed by atoms with Crippen molar-refractivity contribution in [1.29, 1.82) is 0 Å². The molecule has 0 radical (unpaired) electrons. The van der Waals surface area contributed by atoms with Gasteiger partial charge in [0, 0.05) is 18.0 Å². The minimum absolute atomic E-state index is 0. The maximum absolute atomic E-state index is 10.9. The van der Waals surface area contributed by atoms with Crippen LogP contribution in [0, 0.1) is 6.92 Å². The normalized spacial score (nSPS) is 16.4. The quantitative estimate of drug-likeness (QED) is 0.261. The zero-order valence-electron chi connectivity index (χ0n) is 20.9. The fourth-order valence-electron chi connectivity index (χ4n) is 5.12. The van der Waals surface area contributed by atoms with Gasteiger partial charge in [0.05, 0.1) is 0 Å². The van der Waals surface area contributed by atoms with Gasteiger partial charge < -0.3 is 19.9 Å². The Bertz CT molecular complexity index is 1370. The van der Waals surface area contributed by atoms with Gasteiger partial charge in [-0.2, -0.15) is 0 Å². The molecule has 0 amide bonds. The Kier molecular flexibility index (Phi) is 8.70. The monoisotopic (exact) mass is 517 g/mol. The van der Waals surface area contributed by atoms with Gasteiger partial charge in [0.15, 0.2) is 6.61 Å². The number of hydrogen-bond acceptors (Lipinski definition) is 4. The van der Waals surface area contributed by atoms with Crippen LogP contribution in [-0.4, -0.2) is 36.9 Å². The number of hydrogen-bond donors (Lipinski definition) is 2. The lowest BCUT2D eigenvalue weighted by Crippen LogP contribution is -2.36. The first-order chi connectivity index (χ1) is 17.6. The summed E-state index contributed by atoms with van der Waals surface area (Å²) in [7, 11) is 0. The summed E-state index contributed by atoms with van der Waals surface area (Å²) in [6.07, 6.45) is 1.89. The van der Waals surface area contributed by atoms with Crippen LogP contribution in [0.15, 0.2) is 84.9 Å². The Morgan fingerprint density at radius 1 is 1.03 bits per heavy atom. The van der Waals surface area contributed by atoms with Gasteiger partial charge in [-0.25, -0.2) is 4.79 Å². The molecule has 1 heterocycles. The molecule has 6 heteroatoms. The van der Waals surface area contributed by atoms with Crippen LogP contribution in [0.4, 0.5) is 0 Å². The molecule has 4 aromatic rings. The SMILES string of the molecule is Cc1cc(C2CC(CNCCc3cccc4ccccc34)Oc3ccccc32)ccc1OCC(=O)O.Cl. The summed E-state index contributed by atoms with van der Waals surface area (Å²) in [6.45, 7) is 3.27. The predicted molar refractivity (Wildman–Crippen MR) is 149 cm³/mol. The van der Waals surface area contributed by atoms with E-state index in [4.69, 9.17) is 14.6 Å². The van der Waals surface area contributed by atoms with E-state index in [1.54, 1.807) is 0 Å². The molecule has 0 aromatic heterocycles. The van der Waals surface area contributed by atoms with Gasteiger partial charge in [-0.1, -0.05) is 72.8 Å². The molecule has 2 unspecified atom stereocenters. The summed E-state index contributed by atoms with van der Waals surface area (Å²) in [4.78, 5) is 10.9. The highest BCUT2D eigenvalue weighted by molar-refractivity contribution is 5.86. The van der Waals surface area contributed by atoms with Crippen LogP contribution in [0.1, 0.15) is 34.6 Å². The fourth-order valence-corrected chi connectivity index (χ4v) is 5.12. The van der Waals surface area contributed by atoms with Crippen LogP contribution in [0.5, 0.6) is 11.5 Å². The third kappa shape index (κ3) is 6.24. The lowest BCUT2D eigenvalue weighted by atomic mass is 9.83. The van der Waals surface area contributed by atoms with E-state index < -0.39 is 5.97 Å². The first-order valence-corrected chi connectivity index (χ1v) is 12.5. The number of aryl methyl sites for hydroxylation is 1. The maximum Gasteiger partial charge on any atom is 0.341 e. The summed E-state index contributed by atoms with van der Waals surface area (Å²) >= 11 is 0. The van der Waals surface area contributed by atoms with Gasteiger partial charge in [-0.15, -0.1) is 12.4 Å². The van der Waals surface area contributed by atoms with Gasteiger partial charge >= 0.3 is 5.97 Å². The number of benzene rings is 4. The van der Waals surface area contributed by atoms with Crippen molar-refractivity contribution in [2.75, 3.05) is 19.7 Å². The third-order valence-electron chi connectivity index (χ3n) is 6.86. The number of carbonyl (C=O) groups is 1. The average Bonchev–Trinajstić information content (AvgIpc) is 2.90. The van der Waals surface area contributed by atoms with E-state index >= 15 is 0 Å². The number of aliphatic carboxylic acids is 1. The summed E-state index contributed by atoms with van der Waals surface area (Å²) in [5.41, 5.74) is 4.66. The van der Waals surface area contributed by atoms with E-state index in [1.165, 1.54) is 27.5 Å². The molecular formula is C31H32ClNO4. The van der Waals surface area contributed by atoms with E-state index in [-0.39, 0.29) is 31.0 Å². The van der Waals surface area contributed by atoms with Gasteiger partial charge in [-0.3, -0.25) is 0 Å². The van der Waals surface area contributed by atoms with Crippen molar-refractivity contribution in [3.63, 3.8) is 0 Å². The van der Waals surface area contributed by atoms with Crippen molar-refractivity contribution in [2.24, 2.45) is 0 Å². The highest BCUT2D eigenvalue weighted by Crippen LogP contribution is 2.41. The summed E-state index contributed by atoms with van der Waals surface area (Å²) < 4.78 is 11.8. The van der Waals surface area contributed by atoms with Crippen molar-refractivity contribution < 1.29 is 19.4 Å². The van der Waals surface area contributed by atoms with Gasteiger partial charge in [0.2, 0.25) is 0 Å². The second kappa shape index (κ2) is 12.1. The molecule has 37 heavy (non-hydrogen) atoms. The highest BCUT2D eigenvalue weighted by Gasteiger charge is 2.29. The van der Waals surface area contributed by atoms with Crippen LogP contribution < -0.4 is 14.8 Å². The van der Waals surface area contributed by atoms with E-state index in [1.807, 2.05) is 31.2 Å². The molecule has 192 valence electrons. The molecule has 0 bridgehead atoms. The Balaban J connectivity index is 0.00000320. The number of ether oxygens (including phenoxy) is 2. The van der Waals surface area contributed by atoms with Gasteiger partial charge in [0.25, 0.3) is 0 Å². The van der Waals surface area contributed by atoms with Crippen LogP contribution in [0.2, 0.25) is 0 Å². The van der Waals surface area contributed by atoms with Crippen LogP contribution >= 0.6 is 12.4 Å². The fraction of sp³-hybridized carbons (Fsp3) is 0.258. The standard InChI is InChI=1S/C31H31NO4.ClH/c1-21-17-24(13-14-29(21)35-20-31(33)34)28-18-25(36-30-12-5-4-11-27(28)30)19-32-16-15-23-9-6-8-22-7-2-3-10-26(22)23;/h2-14,17,25,28,32H,15-16,18-20H2,1H3,(H,33,34);1H. The molecule has 0 saturated heterocycles. The number of nitrogens with one attached hydrogen (secondary N) is 1.